The van der Waals surface area contributed by atoms with Gasteiger partial charge in [-0.1, -0.05) is 6.92 Å². The minimum atomic E-state index is -0.195. The van der Waals surface area contributed by atoms with Crippen molar-refractivity contribution in [2.45, 2.75) is 13.3 Å². The molecule has 0 spiro atoms. The highest BCUT2D eigenvalue weighted by Gasteiger charge is 2.40. The lowest BCUT2D eigenvalue weighted by Gasteiger charge is -2.16. The Morgan fingerprint density at radius 3 is 2.45 bits per heavy atom. The highest BCUT2D eigenvalue weighted by atomic mass is 16.5. The van der Waals surface area contributed by atoms with Gasteiger partial charge in [-0.15, -0.1) is 0 Å². The second-order valence-electron chi connectivity index (χ2n) is 5.29. The maximum atomic E-state index is 11.9. The van der Waals surface area contributed by atoms with Crippen LogP contribution in [0.1, 0.15) is 13.3 Å². The number of likely N-dealkylation sites (N-methyl/N-ethyl adjacent to an activating group) is 1. The van der Waals surface area contributed by atoms with Crippen molar-refractivity contribution in [3.63, 3.8) is 0 Å². The molecule has 1 aromatic rings. The van der Waals surface area contributed by atoms with Crippen LogP contribution in [0.15, 0.2) is 24.3 Å². The second kappa shape index (κ2) is 5.94. The number of nitrogens with zero attached hydrogens (tertiary/aromatic N) is 1. The number of carbonyl (C=O) groups is 2. The molecule has 0 saturated heterocycles. The van der Waals surface area contributed by atoms with Gasteiger partial charge in [-0.3, -0.25) is 9.59 Å². The third kappa shape index (κ3) is 3.50. The van der Waals surface area contributed by atoms with Crippen molar-refractivity contribution in [1.29, 1.82) is 0 Å². The lowest BCUT2D eigenvalue weighted by atomic mass is 10.3. The number of rotatable bonds is 5. The maximum Gasteiger partial charge on any atom is 0.243 e. The van der Waals surface area contributed by atoms with E-state index in [1.54, 1.807) is 38.4 Å². The number of hydrogen-bond donors (Lipinski definition) is 1. The molecule has 1 aromatic carbocycles. The number of amides is 2. The molecule has 2 rings (SSSR count). The minimum Gasteiger partial charge on any atom is -0.497 e. The Bertz CT molecular complexity index is 498. The molecule has 0 unspecified atom stereocenters. The van der Waals surface area contributed by atoms with Gasteiger partial charge >= 0.3 is 0 Å². The quantitative estimate of drug-likeness (QED) is 0.891. The molecular formula is C15H20N2O3. The minimum absolute atomic E-state index is 0.0578. The van der Waals surface area contributed by atoms with Gasteiger partial charge in [0.1, 0.15) is 5.75 Å². The van der Waals surface area contributed by atoms with Crippen LogP contribution < -0.4 is 10.1 Å². The second-order valence-corrected chi connectivity index (χ2v) is 5.29. The molecule has 1 N–H and O–H groups in total. The summed E-state index contributed by atoms with van der Waals surface area (Å²) in [6, 6.07) is 7.08. The van der Waals surface area contributed by atoms with Crippen LogP contribution in [-0.4, -0.2) is 37.4 Å². The molecule has 1 aliphatic carbocycles. The fourth-order valence-corrected chi connectivity index (χ4v) is 2.12. The number of benzene rings is 1. The van der Waals surface area contributed by atoms with Crippen LogP contribution in [0, 0.1) is 11.8 Å². The average Bonchev–Trinajstić information content (AvgIpc) is 3.15. The first-order chi connectivity index (χ1) is 9.51. The highest BCUT2D eigenvalue weighted by molar-refractivity contribution is 5.95. The molecule has 1 aliphatic rings. The Hall–Kier alpha value is -2.04. The monoisotopic (exact) mass is 276 g/mol. The van der Waals surface area contributed by atoms with E-state index in [4.69, 9.17) is 4.74 Å². The van der Waals surface area contributed by atoms with E-state index in [0.717, 1.165) is 12.2 Å². The SMILES string of the molecule is COc1ccc(NC(=O)CN(C)C(=O)[C@H]2C[C@H]2C)cc1. The molecule has 0 aromatic heterocycles. The van der Waals surface area contributed by atoms with Crippen molar-refractivity contribution in [1.82, 2.24) is 4.90 Å². The summed E-state index contributed by atoms with van der Waals surface area (Å²) < 4.78 is 5.05. The van der Waals surface area contributed by atoms with E-state index in [1.807, 2.05) is 6.92 Å². The fraction of sp³-hybridized carbons (Fsp3) is 0.467. The number of ether oxygens (including phenoxy) is 1. The molecule has 0 aliphatic heterocycles. The van der Waals surface area contributed by atoms with Crippen LogP contribution in [0.5, 0.6) is 5.75 Å². The summed E-state index contributed by atoms with van der Waals surface area (Å²) in [6.07, 6.45) is 0.934. The first-order valence-corrected chi connectivity index (χ1v) is 6.70. The third-order valence-electron chi connectivity index (χ3n) is 3.56. The Kier molecular flexibility index (Phi) is 4.27. The van der Waals surface area contributed by atoms with Crippen molar-refractivity contribution >= 4 is 17.5 Å². The Morgan fingerprint density at radius 2 is 1.95 bits per heavy atom. The lowest BCUT2D eigenvalue weighted by molar-refractivity contribution is -0.134. The Balaban J connectivity index is 1.83. The topological polar surface area (TPSA) is 58.6 Å². The summed E-state index contributed by atoms with van der Waals surface area (Å²) in [5, 5.41) is 2.76. The van der Waals surface area contributed by atoms with Crippen molar-refractivity contribution in [3.05, 3.63) is 24.3 Å². The van der Waals surface area contributed by atoms with Crippen LogP contribution in [0.4, 0.5) is 5.69 Å². The lowest BCUT2D eigenvalue weighted by Crippen LogP contribution is -2.36. The van der Waals surface area contributed by atoms with Crippen LogP contribution in [0.25, 0.3) is 0 Å². The van der Waals surface area contributed by atoms with Gasteiger partial charge in [0.2, 0.25) is 11.8 Å². The Labute approximate surface area is 118 Å². The summed E-state index contributed by atoms with van der Waals surface area (Å²) in [5.41, 5.74) is 0.691. The van der Waals surface area contributed by atoms with Crippen LogP contribution in [0.3, 0.4) is 0 Å². The van der Waals surface area contributed by atoms with E-state index in [-0.39, 0.29) is 24.3 Å². The first kappa shape index (κ1) is 14.4. The van der Waals surface area contributed by atoms with E-state index in [9.17, 15) is 9.59 Å². The van der Waals surface area contributed by atoms with Crippen LogP contribution >= 0.6 is 0 Å². The summed E-state index contributed by atoms with van der Waals surface area (Å²) in [7, 11) is 3.26. The van der Waals surface area contributed by atoms with E-state index in [2.05, 4.69) is 5.32 Å². The largest absolute Gasteiger partial charge is 0.497 e. The highest BCUT2D eigenvalue weighted by Crippen LogP contribution is 2.38. The predicted octanol–water partition coefficient (Wildman–Crippen LogP) is 1.75. The number of hydrogen-bond acceptors (Lipinski definition) is 3. The molecule has 0 heterocycles. The molecular weight excluding hydrogens is 256 g/mol. The van der Waals surface area contributed by atoms with Gasteiger partial charge < -0.3 is 15.0 Å². The van der Waals surface area contributed by atoms with Gasteiger partial charge in [0, 0.05) is 18.7 Å². The molecule has 5 heteroatoms. The van der Waals surface area contributed by atoms with Crippen LogP contribution in [0.2, 0.25) is 0 Å². The summed E-state index contributed by atoms with van der Waals surface area (Å²) >= 11 is 0. The molecule has 20 heavy (non-hydrogen) atoms. The first-order valence-electron chi connectivity index (χ1n) is 6.70. The zero-order chi connectivity index (χ0) is 14.7. The number of anilines is 1. The number of nitrogens with one attached hydrogen (secondary N) is 1. The van der Waals surface area contributed by atoms with Gasteiger partial charge in [0.25, 0.3) is 0 Å². The van der Waals surface area contributed by atoms with Crippen LogP contribution in [-0.2, 0) is 9.59 Å². The zero-order valence-electron chi connectivity index (χ0n) is 12.1. The van der Waals surface area contributed by atoms with Gasteiger partial charge in [-0.25, -0.2) is 0 Å². The molecule has 0 bridgehead atoms. The zero-order valence-corrected chi connectivity index (χ0v) is 12.1. The van der Waals surface area contributed by atoms with Crippen molar-refractivity contribution in [2.24, 2.45) is 11.8 Å². The van der Waals surface area contributed by atoms with Gasteiger partial charge in [-0.2, -0.15) is 0 Å². The molecule has 1 saturated carbocycles. The standard InChI is InChI=1S/C15H20N2O3/c1-10-8-13(10)15(19)17(2)9-14(18)16-11-4-6-12(20-3)7-5-11/h4-7,10,13H,8-9H2,1-3H3,(H,16,18)/t10-,13+/m1/s1. The molecule has 2 atom stereocenters. The Morgan fingerprint density at radius 1 is 1.35 bits per heavy atom. The van der Waals surface area contributed by atoms with E-state index in [1.165, 1.54) is 4.90 Å². The fourth-order valence-electron chi connectivity index (χ4n) is 2.12. The molecule has 1 fully saturated rings. The summed E-state index contributed by atoms with van der Waals surface area (Å²) in [5.74, 6) is 1.16. The van der Waals surface area contributed by atoms with Gasteiger partial charge in [0.05, 0.1) is 13.7 Å². The molecule has 2 amide bonds. The molecule has 0 radical (unpaired) electrons. The van der Waals surface area contributed by atoms with Gasteiger partial charge in [-0.05, 0) is 36.6 Å². The van der Waals surface area contributed by atoms with Crippen molar-refractivity contribution in [3.8, 4) is 5.75 Å². The number of methoxy groups -OCH3 is 1. The van der Waals surface area contributed by atoms with Crippen molar-refractivity contribution < 1.29 is 14.3 Å². The maximum absolute atomic E-state index is 11.9. The number of carbonyl (C=O) groups excluding carboxylic acids is 2. The summed E-state index contributed by atoms with van der Waals surface area (Å²) in [6.45, 7) is 2.13. The van der Waals surface area contributed by atoms with Crippen molar-refractivity contribution in [2.75, 3.05) is 26.0 Å². The predicted molar refractivity (Wildman–Crippen MR) is 76.5 cm³/mol. The van der Waals surface area contributed by atoms with E-state index in [0.29, 0.717) is 11.6 Å². The molecule has 5 nitrogen and oxygen atoms in total. The normalized spacial score (nSPS) is 20.1. The third-order valence-corrected chi connectivity index (χ3v) is 3.56. The molecule has 108 valence electrons. The smallest absolute Gasteiger partial charge is 0.243 e. The van der Waals surface area contributed by atoms with E-state index < -0.39 is 0 Å². The van der Waals surface area contributed by atoms with E-state index >= 15 is 0 Å². The summed E-state index contributed by atoms with van der Waals surface area (Å²) in [4.78, 5) is 25.3. The van der Waals surface area contributed by atoms with Gasteiger partial charge in [0.15, 0.2) is 0 Å². The average molecular weight is 276 g/mol.